The normalized spacial score (nSPS) is 15.3. The number of halogens is 1. The van der Waals surface area contributed by atoms with Crippen LogP contribution < -0.4 is 5.56 Å². The van der Waals surface area contributed by atoms with Crippen LogP contribution in [0.4, 0.5) is 0 Å². The largest absolute Gasteiger partial charge is 0.297 e. The summed E-state index contributed by atoms with van der Waals surface area (Å²) < 4.78 is 24.2. The van der Waals surface area contributed by atoms with E-state index >= 15 is 0 Å². The number of aryl methyl sites for hydroxylation is 1. The number of rotatable bonds is 3. The molecule has 0 fully saturated rings. The summed E-state index contributed by atoms with van der Waals surface area (Å²) in [7, 11) is -3.52. The molecule has 2 aromatic rings. The Kier molecular flexibility index (Phi) is 4.63. The van der Waals surface area contributed by atoms with E-state index in [1.165, 1.54) is 5.56 Å². The van der Waals surface area contributed by atoms with E-state index in [-0.39, 0.29) is 10.7 Å². The highest BCUT2D eigenvalue weighted by atomic mass is 79.9. The standard InChI is InChI=1S/C16H18BrN3O3S/c1-10-3-4-11(13(17)7-10)8-20-6-5-14-12(9-20)15(21)19-16(18-14)24(2,22)23/h3-4,7H,5-6,8-9H2,1-2H3,(H,18,19,21). The van der Waals surface area contributed by atoms with Crippen LogP contribution in [0, 0.1) is 6.92 Å². The molecule has 0 aliphatic carbocycles. The number of aromatic nitrogens is 2. The second-order valence-corrected chi connectivity index (χ2v) is 8.91. The first-order chi connectivity index (χ1) is 11.2. The second kappa shape index (κ2) is 6.42. The number of H-pyrrole nitrogens is 1. The molecule has 8 heteroatoms. The molecule has 0 spiro atoms. The van der Waals surface area contributed by atoms with E-state index in [9.17, 15) is 13.2 Å². The molecule has 1 N–H and O–H groups in total. The molecular weight excluding hydrogens is 394 g/mol. The molecule has 1 aromatic heterocycles. The molecule has 128 valence electrons. The van der Waals surface area contributed by atoms with E-state index < -0.39 is 9.84 Å². The van der Waals surface area contributed by atoms with Gasteiger partial charge >= 0.3 is 0 Å². The Hall–Kier alpha value is -1.51. The SMILES string of the molecule is Cc1ccc(CN2CCc3nc(S(C)(=O)=O)[nH]c(=O)c3C2)c(Br)c1. The lowest BCUT2D eigenvalue weighted by Gasteiger charge is -2.28. The van der Waals surface area contributed by atoms with Gasteiger partial charge in [-0.25, -0.2) is 13.4 Å². The molecule has 2 heterocycles. The van der Waals surface area contributed by atoms with E-state index in [0.717, 1.165) is 22.8 Å². The summed E-state index contributed by atoms with van der Waals surface area (Å²) in [5.41, 5.74) is 3.10. The van der Waals surface area contributed by atoms with E-state index in [4.69, 9.17) is 0 Å². The fourth-order valence-electron chi connectivity index (χ4n) is 2.79. The Balaban J connectivity index is 1.86. The second-order valence-electron chi connectivity index (χ2n) is 6.12. The van der Waals surface area contributed by atoms with E-state index in [2.05, 4.69) is 49.0 Å². The molecule has 0 atom stereocenters. The van der Waals surface area contributed by atoms with Crippen LogP contribution in [0.3, 0.4) is 0 Å². The zero-order valence-corrected chi connectivity index (χ0v) is 15.9. The van der Waals surface area contributed by atoms with Crippen molar-refractivity contribution < 1.29 is 8.42 Å². The monoisotopic (exact) mass is 411 g/mol. The number of hydrogen-bond donors (Lipinski definition) is 1. The summed E-state index contributed by atoms with van der Waals surface area (Å²) in [5, 5.41) is -0.249. The highest BCUT2D eigenvalue weighted by Gasteiger charge is 2.23. The van der Waals surface area contributed by atoms with Crippen molar-refractivity contribution in [2.75, 3.05) is 12.8 Å². The van der Waals surface area contributed by atoms with E-state index in [1.54, 1.807) is 0 Å². The van der Waals surface area contributed by atoms with Crippen molar-refractivity contribution in [2.24, 2.45) is 0 Å². The van der Waals surface area contributed by atoms with Gasteiger partial charge in [0.15, 0.2) is 0 Å². The predicted molar refractivity (Wildman–Crippen MR) is 94.7 cm³/mol. The van der Waals surface area contributed by atoms with Gasteiger partial charge in [-0.15, -0.1) is 0 Å². The van der Waals surface area contributed by atoms with Crippen LogP contribution >= 0.6 is 15.9 Å². The van der Waals surface area contributed by atoms with Gasteiger partial charge in [0.05, 0.1) is 11.3 Å². The maximum Gasteiger partial charge on any atom is 0.256 e. The van der Waals surface area contributed by atoms with Gasteiger partial charge < -0.3 is 0 Å². The first kappa shape index (κ1) is 17.3. The lowest BCUT2D eigenvalue weighted by Crippen LogP contribution is -2.36. The molecular formula is C16H18BrN3O3S. The molecule has 1 aliphatic heterocycles. The fourth-order valence-corrected chi connectivity index (χ4v) is 3.96. The van der Waals surface area contributed by atoms with E-state index in [0.29, 0.717) is 30.8 Å². The van der Waals surface area contributed by atoms with Crippen LogP contribution in [0.25, 0.3) is 0 Å². The van der Waals surface area contributed by atoms with E-state index in [1.807, 2.05) is 6.92 Å². The number of nitrogens with zero attached hydrogens (tertiary/aromatic N) is 2. The molecule has 0 amide bonds. The lowest BCUT2D eigenvalue weighted by molar-refractivity contribution is 0.240. The van der Waals surface area contributed by atoms with Crippen molar-refractivity contribution in [3.05, 3.63) is 55.4 Å². The predicted octanol–water partition coefficient (Wildman–Crippen LogP) is 1.80. The van der Waals surface area contributed by atoms with Crippen LogP contribution in [0.15, 0.2) is 32.6 Å². The Bertz CT molecular complexity index is 954. The maximum atomic E-state index is 12.2. The number of nitrogens with one attached hydrogen (secondary N) is 1. The summed E-state index contributed by atoms with van der Waals surface area (Å²) in [6, 6.07) is 6.20. The minimum Gasteiger partial charge on any atom is -0.297 e. The maximum absolute atomic E-state index is 12.2. The zero-order chi connectivity index (χ0) is 17.5. The Morgan fingerprint density at radius 1 is 1.38 bits per heavy atom. The van der Waals surface area contributed by atoms with Crippen LogP contribution in [0.2, 0.25) is 0 Å². The molecule has 0 saturated carbocycles. The van der Waals surface area contributed by atoms with Crippen LogP contribution in [-0.2, 0) is 29.3 Å². The zero-order valence-electron chi connectivity index (χ0n) is 13.5. The molecule has 0 bridgehead atoms. The molecule has 1 aromatic carbocycles. The lowest BCUT2D eigenvalue weighted by atomic mass is 10.1. The average molecular weight is 412 g/mol. The highest BCUT2D eigenvalue weighted by Crippen LogP contribution is 2.23. The average Bonchev–Trinajstić information content (AvgIpc) is 2.49. The van der Waals surface area contributed by atoms with Crippen molar-refractivity contribution in [1.29, 1.82) is 0 Å². The van der Waals surface area contributed by atoms with Gasteiger partial charge in [0, 0.05) is 36.8 Å². The van der Waals surface area contributed by atoms with Gasteiger partial charge in [0.1, 0.15) is 0 Å². The molecule has 24 heavy (non-hydrogen) atoms. The smallest absolute Gasteiger partial charge is 0.256 e. The minimum atomic E-state index is -3.52. The van der Waals surface area contributed by atoms with Crippen molar-refractivity contribution in [2.45, 2.75) is 31.6 Å². The molecule has 0 radical (unpaired) electrons. The number of aromatic amines is 1. The van der Waals surface area contributed by atoms with Gasteiger partial charge in [-0.05, 0) is 24.1 Å². The number of benzene rings is 1. The molecule has 0 saturated heterocycles. The summed E-state index contributed by atoms with van der Waals surface area (Å²) >= 11 is 3.58. The summed E-state index contributed by atoms with van der Waals surface area (Å²) in [5.74, 6) is 0. The number of fused-ring (bicyclic) bond motifs is 1. The Labute approximate surface area is 149 Å². The molecule has 3 rings (SSSR count). The van der Waals surface area contributed by atoms with Crippen molar-refractivity contribution in [3.63, 3.8) is 0 Å². The third-order valence-corrected chi connectivity index (χ3v) is 5.71. The molecule has 1 aliphatic rings. The summed E-state index contributed by atoms with van der Waals surface area (Å²) in [6.45, 7) is 3.94. The van der Waals surface area contributed by atoms with Gasteiger partial charge in [0.2, 0.25) is 15.0 Å². The van der Waals surface area contributed by atoms with Gasteiger partial charge in [-0.1, -0.05) is 28.1 Å². The first-order valence-electron chi connectivity index (χ1n) is 7.53. The van der Waals surface area contributed by atoms with Crippen molar-refractivity contribution in [3.8, 4) is 0 Å². The number of hydrogen-bond acceptors (Lipinski definition) is 5. The van der Waals surface area contributed by atoms with Gasteiger partial charge in [-0.2, -0.15) is 0 Å². The number of sulfone groups is 1. The van der Waals surface area contributed by atoms with Crippen LogP contribution in [-0.4, -0.2) is 36.1 Å². The van der Waals surface area contributed by atoms with Crippen molar-refractivity contribution in [1.82, 2.24) is 14.9 Å². The quantitative estimate of drug-likeness (QED) is 0.778. The topological polar surface area (TPSA) is 83.1 Å². The first-order valence-corrected chi connectivity index (χ1v) is 10.2. The van der Waals surface area contributed by atoms with Crippen LogP contribution in [0.1, 0.15) is 22.4 Å². The molecule has 6 nitrogen and oxygen atoms in total. The Morgan fingerprint density at radius 2 is 2.12 bits per heavy atom. The van der Waals surface area contributed by atoms with Crippen molar-refractivity contribution >= 4 is 25.8 Å². The highest BCUT2D eigenvalue weighted by molar-refractivity contribution is 9.10. The third-order valence-electron chi connectivity index (χ3n) is 4.08. The third kappa shape index (κ3) is 3.60. The van der Waals surface area contributed by atoms with Gasteiger partial charge in [-0.3, -0.25) is 14.7 Å². The van der Waals surface area contributed by atoms with Crippen LogP contribution in [0.5, 0.6) is 0 Å². The molecule has 0 unspecified atom stereocenters. The van der Waals surface area contributed by atoms with Gasteiger partial charge in [0.25, 0.3) is 5.56 Å². The summed E-state index contributed by atoms with van der Waals surface area (Å²) in [6.07, 6.45) is 1.60. The summed E-state index contributed by atoms with van der Waals surface area (Å²) in [4.78, 5) is 20.9. The minimum absolute atomic E-state index is 0.249. The Morgan fingerprint density at radius 3 is 2.79 bits per heavy atom. The fraction of sp³-hybridized carbons (Fsp3) is 0.375.